The minimum atomic E-state index is -0.435. The first-order valence-electron chi connectivity index (χ1n) is 11.3. The van der Waals surface area contributed by atoms with Crippen molar-refractivity contribution in [2.75, 3.05) is 5.32 Å². The number of rotatable bonds is 4. The van der Waals surface area contributed by atoms with E-state index >= 15 is 0 Å². The number of fused-ring (bicyclic) bond motifs is 2. The Labute approximate surface area is 220 Å². The molecule has 0 spiro atoms. The van der Waals surface area contributed by atoms with Gasteiger partial charge in [0.05, 0.1) is 10.6 Å². The van der Waals surface area contributed by atoms with Crippen molar-refractivity contribution in [3.8, 4) is 22.6 Å². The van der Waals surface area contributed by atoms with E-state index < -0.39 is 5.63 Å². The zero-order valence-corrected chi connectivity index (χ0v) is 20.5. The number of benzene rings is 4. The number of nitrogens with one attached hydrogen (secondary N) is 1. The normalized spacial score (nSPS) is 11.2. The van der Waals surface area contributed by atoms with E-state index in [1.807, 2.05) is 24.3 Å². The minimum Gasteiger partial charge on any atom is -0.435 e. The van der Waals surface area contributed by atoms with Crippen LogP contribution in [0.2, 0.25) is 10.0 Å². The summed E-state index contributed by atoms with van der Waals surface area (Å²) in [7, 11) is 0. The fourth-order valence-electron chi connectivity index (χ4n) is 4.08. The van der Waals surface area contributed by atoms with Crippen LogP contribution >= 0.6 is 23.2 Å². The Morgan fingerprint density at radius 2 is 1.62 bits per heavy atom. The molecule has 0 saturated heterocycles. The summed E-state index contributed by atoms with van der Waals surface area (Å²) in [5, 5.41) is 4.54. The standard InChI is InChI=1S/C29H16Cl2N2O4/c30-20-14-23(31)26-24(15-20)33-28(37-26)19-5-3-6-21(12-19)32-27(34)17-10-8-16(9-11-17)22-13-18-4-1-2-7-25(18)36-29(22)35/h1-15H,(H,32,34). The second-order valence-electron chi connectivity index (χ2n) is 8.35. The van der Waals surface area contributed by atoms with Gasteiger partial charge in [0, 0.05) is 27.2 Å². The lowest BCUT2D eigenvalue weighted by Gasteiger charge is -2.08. The molecule has 6 rings (SSSR count). The molecule has 6 aromatic rings. The quantitative estimate of drug-likeness (QED) is 0.236. The number of para-hydroxylation sites is 1. The topological polar surface area (TPSA) is 85.3 Å². The Morgan fingerprint density at radius 3 is 2.46 bits per heavy atom. The predicted molar refractivity (Wildman–Crippen MR) is 145 cm³/mol. The molecular weight excluding hydrogens is 511 g/mol. The maximum absolute atomic E-state index is 12.9. The van der Waals surface area contributed by atoms with E-state index in [0.717, 1.165) is 5.39 Å². The van der Waals surface area contributed by atoms with Gasteiger partial charge in [-0.1, -0.05) is 59.6 Å². The molecule has 6 nitrogen and oxygen atoms in total. The molecule has 37 heavy (non-hydrogen) atoms. The van der Waals surface area contributed by atoms with E-state index in [1.165, 1.54) is 0 Å². The maximum atomic E-state index is 12.9. The predicted octanol–water partition coefficient (Wildman–Crippen LogP) is 7.83. The molecule has 1 amide bonds. The molecule has 0 saturated carbocycles. The molecule has 0 atom stereocenters. The number of hydrogen-bond donors (Lipinski definition) is 1. The number of nitrogens with zero attached hydrogens (tertiary/aromatic N) is 1. The lowest BCUT2D eigenvalue weighted by molar-refractivity contribution is 0.102. The van der Waals surface area contributed by atoms with Gasteiger partial charge < -0.3 is 14.2 Å². The molecule has 4 aromatic carbocycles. The fourth-order valence-corrected chi connectivity index (χ4v) is 4.60. The highest BCUT2D eigenvalue weighted by atomic mass is 35.5. The number of aromatic nitrogens is 1. The molecular formula is C29H16Cl2N2O4. The Balaban J connectivity index is 1.24. The number of anilines is 1. The van der Waals surface area contributed by atoms with Gasteiger partial charge in [-0.05, 0) is 60.2 Å². The van der Waals surface area contributed by atoms with Crippen LogP contribution < -0.4 is 10.9 Å². The monoisotopic (exact) mass is 526 g/mol. The number of halogens is 2. The Hall–Kier alpha value is -4.39. The molecule has 180 valence electrons. The van der Waals surface area contributed by atoms with Crippen LogP contribution in [0.3, 0.4) is 0 Å². The van der Waals surface area contributed by atoms with Gasteiger partial charge in [0.15, 0.2) is 5.58 Å². The minimum absolute atomic E-state index is 0.304. The molecule has 0 radical (unpaired) electrons. The smallest absolute Gasteiger partial charge is 0.344 e. The van der Waals surface area contributed by atoms with Gasteiger partial charge >= 0.3 is 5.63 Å². The second kappa shape index (κ2) is 9.24. The zero-order valence-electron chi connectivity index (χ0n) is 19.0. The Bertz CT molecular complexity index is 1870. The first-order valence-corrected chi connectivity index (χ1v) is 12.0. The van der Waals surface area contributed by atoms with E-state index in [4.69, 9.17) is 32.0 Å². The summed E-state index contributed by atoms with van der Waals surface area (Å²) >= 11 is 12.3. The van der Waals surface area contributed by atoms with E-state index in [0.29, 0.717) is 60.6 Å². The van der Waals surface area contributed by atoms with Gasteiger partial charge in [0.1, 0.15) is 11.1 Å². The highest BCUT2D eigenvalue weighted by Crippen LogP contribution is 2.32. The Kier molecular flexibility index (Phi) is 5.75. The van der Waals surface area contributed by atoms with Crippen molar-refractivity contribution in [1.82, 2.24) is 4.98 Å². The van der Waals surface area contributed by atoms with Crippen LogP contribution in [-0.2, 0) is 0 Å². The van der Waals surface area contributed by atoms with Gasteiger partial charge in [0.2, 0.25) is 5.89 Å². The summed E-state index contributed by atoms with van der Waals surface area (Å²) in [5.74, 6) is 0.0514. The molecule has 2 heterocycles. The average Bonchev–Trinajstić information content (AvgIpc) is 3.33. The molecule has 0 bridgehead atoms. The third-order valence-corrected chi connectivity index (χ3v) is 6.38. The third-order valence-electron chi connectivity index (χ3n) is 5.88. The van der Waals surface area contributed by atoms with Crippen LogP contribution in [0.1, 0.15) is 10.4 Å². The van der Waals surface area contributed by atoms with Crippen molar-refractivity contribution in [1.29, 1.82) is 0 Å². The maximum Gasteiger partial charge on any atom is 0.344 e. The highest BCUT2D eigenvalue weighted by Gasteiger charge is 2.14. The molecule has 8 heteroatoms. The first kappa shape index (κ1) is 23.0. The molecule has 0 unspecified atom stereocenters. The summed E-state index contributed by atoms with van der Waals surface area (Å²) in [4.78, 5) is 29.8. The van der Waals surface area contributed by atoms with Gasteiger partial charge in [0.25, 0.3) is 5.91 Å². The zero-order chi connectivity index (χ0) is 25.5. The van der Waals surface area contributed by atoms with Crippen molar-refractivity contribution < 1.29 is 13.6 Å². The summed E-state index contributed by atoms with van der Waals surface area (Å²) in [5.41, 5.74) is 3.83. The van der Waals surface area contributed by atoms with Crippen LogP contribution in [0.4, 0.5) is 5.69 Å². The second-order valence-corrected chi connectivity index (χ2v) is 9.20. The SMILES string of the molecule is O=C(Nc1cccc(-c2nc3cc(Cl)cc(Cl)c3o2)c1)c1ccc(-c2cc3ccccc3oc2=O)cc1. The summed E-state index contributed by atoms with van der Waals surface area (Å²) in [6.45, 7) is 0. The van der Waals surface area contributed by atoms with Gasteiger partial charge in [-0.2, -0.15) is 0 Å². The van der Waals surface area contributed by atoms with Crippen LogP contribution in [0.5, 0.6) is 0 Å². The summed E-state index contributed by atoms with van der Waals surface area (Å²) < 4.78 is 11.3. The number of amides is 1. The van der Waals surface area contributed by atoms with Gasteiger partial charge in [-0.3, -0.25) is 4.79 Å². The first-order chi connectivity index (χ1) is 17.9. The third kappa shape index (κ3) is 4.48. The van der Waals surface area contributed by atoms with Crippen molar-refractivity contribution in [2.45, 2.75) is 0 Å². The molecule has 0 aliphatic carbocycles. The fraction of sp³-hybridized carbons (Fsp3) is 0. The number of carbonyl (C=O) groups excluding carboxylic acids is 1. The number of oxazole rings is 1. The molecule has 1 N–H and O–H groups in total. The Morgan fingerprint density at radius 1 is 0.811 bits per heavy atom. The molecule has 2 aromatic heterocycles. The van der Waals surface area contributed by atoms with Crippen molar-refractivity contribution in [3.05, 3.63) is 117 Å². The molecule has 0 fully saturated rings. The number of hydrogen-bond acceptors (Lipinski definition) is 5. The lowest BCUT2D eigenvalue weighted by atomic mass is 10.0. The van der Waals surface area contributed by atoms with E-state index in [9.17, 15) is 9.59 Å². The van der Waals surface area contributed by atoms with Crippen LogP contribution in [0, 0.1) is 0 Å². The van der Waals surface area contributed by atoms with Crippen molar-refractivity contribution in [3.63, 3.8) is 0 Å². The average molecular weight is 527 g/mol. The van der Waals surface area contributed by atoms with E-state index in [1.54, 1.807) is 66.7 Å². The summed E-state index contributed by atoms with van der Waals surface area (Å²) in [6, 6.07) is 26.3. The van der Waals surface area contributed by atoms with Crippen LogP contribution in [0.15, 0.2) is 105 Å². The largest absolute Gasteiger partial charge is 0.435 e. The molecule has 0 aliphatic heterocycles. The van der Waals surface area contributed by atoms with Gasteiger partial charge in [-0.15, -0.1) is 0 Å². The summed E-state index contributed by atoms with van der Waals surface area (Å²) in [6.07, 6.45) is 0. The van der Waals surface area contributed by atoms with Crippen LogP contribution in [-0.4, -0.2) is 10.9 Å². The van der Waals surface area contributed by atoms with E-state index in [-0.39, 0.29) is 5.91 Å². The van der Waals surface area contributed by atoms with Gasteiger partial charge in [-0.25, -0.2) is 9.78 Å². The number of carbonyl (C=O) groups is 1. The van der Waals surface area contributed by atoms with E-state index in [2.05, 4.69) is 10.3 Å². The molecule has 0 aliphatic rings. The lowest BCUT2D eigenvalue weighted by Crippen LogP contribution is -2.12. The van der Waals surface area contributed by atoms with Crippen LogP contribution in [0.25, 0.3) is 44.7 Å². The van der Waals surface area contributed by atoms with Crippen molar-refractivity contribution in [2.24, 2.45) is 0 Å². The highest BCUT2D eigenvalue weighted by molar-refractivity contribution is 6.38. The van der Waals surface area contributed by atoms with Crippen molar-refractivity contribution >= 4 is 56.9 Å².